The summed E-state index contributed by atoms with van der Waals surface area (Å²) < 4.78 is 56.8. The smallest absolute Gasteiger partial charge is 0.241 e. The van der Waals surface area contributed by atoms with Crippen molar-refractivity contribution in [3.05, 3.63) is 53.1 Å². The number of benzene rings is 2. The van der Waals surface area contributed by atoms with Crippen molar-refractivity contribution in [2.45, 2.75) is 97.0 Å². The Kier molecular flexibility index (Phi) is 5.71. The van der Waals surface area contributed by atoms with Crippen LogP contribution >= 0.6 is 0 Å². The van der Waals surface area contributed by atoms with Gasteiger partial charge in [0, 0.05) is 11.5 Å². The maximum absolute atomic E-state index is 13.7. The van der Waals surface area contributed by atoms with E-state index in [-0.39, 0.29) is 21.9 Å². The molecule has 2 aromatic rings. The first kappa shape index (κ1) is 23.0. The molecule has 1 spiro atoms. The average Bonchev–Trinajstić information content (AvgIpc) is 2.80. The predicted octanol–water partition coefficient (Wildman–Crippen LogP) is 3.97. The van der Waals surface area contributed by atoms with Crippen LogP contribution in [0.3, 0.4) is 0 Å². The molecule has 178 valence electrons. The quantitative estimate of drug-likeness (QED) is 0.679. The van der Waals surface area contributed by atoms with Gasteiger partial charge in [-0.1, -0.05) is 43.5 Å². The van der Waals surface area contributed by atoms with E-state index in [1.165, 1.54) is 6.07 Å². The third-order valence-electron chi connectivity index (χ3n) is 7.79. The fourth-order valence-electron chi connectivity index (χ4n) is 6.09. The van der Waals surface area contributed by atoms with Gasteiger partial charge in [0.05, 0.1) is 20.8 Å². The molecule has 0 atom stereocenters. The van der Waals surface area contributed by atoms with Crippen molar-refractivity contribution in [1.29, 1.82) is 0 Å². The van der Waals surface area contributed by atoms with E-state index >= 15 is 0 Å². The van der Waals surface area contributed by atoms with Crippen LogP contribution < -0.4 is 4.72 Å². The number of hydrogen-bond donors (Lipinski definition) is 2. The molecular weight excluding hydrogens is 458 g/mol. The highest BCUT2D eigenvalue weighted by molar-refractivity contribution is 7.92. The third-order valence-corrected chi connectivity index (χ3v) is 11.3. The van der Waals surface area contributed by atoms with E-state index in [2.05, 4.69) is 4.72 Å². The van der Waals surface area contributed by atoms with Gasteiger partial charge in [-0.15, -0.1) is 0 Å². The Morgan fingerprint density at radius 2 is 1.61 bits per heavy atom. The molecule has 5 rings (SSSR count). The van der Waals surface area contributed by atoms with Crippen molar-refractivity contribution >= 4 is 19.9 Å². The summed E-state index contributed by atoms with van der Waals surface area (Å²) in [6, 6.07) is 10.2. The molecule has 1 aliphatic heterocycles. The van der Waals surface area contributed by atoms with Gasteiger partial charge in [-0.2, -0.15) is 0 Å². The number of rotatable bonds is 3. The molecule has 0 bridgehead atoms. The van der Waals surface area contributed by atoms with E-state index in [1.807, 2.05) is 18.2 Å². The molecule has 3 aliphatic rings. The number of aryl methyl sites for hydroxylation is 1. The van der Waals surface area contributed by atoms with Gasteiger partial charge in [0.1, 0.15) is 0 Å². The number of hydrogen-bond acceptors (Lipinski definition) is 5. The van der Waals surface area contributed by atoms with Crippen molar-refractivity contribution in [3.8, 4) is 0 Å². The number of sulfone groups is 1. The van der Waals surface area contributed by atoms with Crippen molar-refractivity contribution < 1.29 is 21.9 Å². The molecule has 8 heteroatoms. The van der Waals surface area contributed by atoms with Gasteiger partial charge in [0.25, 0.3) is 0 Å². The molecule has 2 fully saturated rings. The predicted molar refractivity (Wildman–Crippen MR) is 126 cm³/mol. The van der Waals surface area contributed by atoms with Crippen molar-refractivity contribution in [2.24, 2.45) is 0 Å². The van der Waals surface area contributed by atoms with Crippen molar-refractivity contribution in [3.63, 3.8) is 0 Å². The van der Waals surface area contributed by atoms with Gasteiger partial charge in [-0.05, 0) is 74.3 Å². The monoisotopic (exact) mass is 489 g/mol. The molecule has 33 heavy (non-hydrogen) atoms. The van der Waals surface area contributed by atoms with Crippen LogP contribution in [0, 0.1) is 6.92 Å². The molecule has 2 aliphatic carbocycles. The van der Waals surface area contributed by atoms with Crippen LogP contribution in [0.1, 0.15) is 74.5 Å². The first-order chi connectivity index (χ1) is 15.6. The van der Waals surface area contributed by atoms with Gasteiger partial charge >= 0.3 is 0 Å². The fraction of sp³-hybridized carbons (Fsp3) is 0.520. The molecule has 0 saturated heterocycles. The largest absolute Gasteiger partial charge is 0.393 e. The second kappa shape index (κ2) is 8.18. The molecule has 0 unspecified atom stereocenters. The van der Waals surface area contributed by atoms with Crippen molar-refractivity contribution in [2.75, 3.05) is 0 Å². The number of aliphatic hydroxyl groups excluding tert-OH is 1. The van der Waals surface area contributed by atoms with Gasteiger partial charge in [-0.3, -0.25) is 0 Å². The van der Waals surface area contributed by atoms with Crippen LogP contribution in [0.2, 0.25) is 0 Å². The molecule has 2 N–H and O–H groups in total. The summed E-state index contributed by atoms with van der Waals surface area (Å²) in [5.74, 6) is 0. The lowest BCUT2D eigenvalue weighted by Gasteiger charge is -2.43. The Hall–Kier alpha value is -1.74. The molecule has 1 heterocycles. The highest BCUT2D eigenvalue weighted by Gasteiger charge is 2.47. The topological polar surface area (TPSA) is 101 Å². The maximum atomic E-state index is 13.7. The lowest BCUT2D eigenvalue weighted by Crippen LogP contribution is -2.40. The summed E-state index contributed by atoms with van der Waals surface area (Å²) in [7, 11) is -7.75. The molecule has 0 radical (unpaired) electrons. The fourth-order valence-corrected chi connectivity index (χ4v) is 9.58. The molecule has 2 aromatic carbocycles. The zero-order chi connectivity index (χ0) is 23.4. The summed E-state index contributed by atoms with van der Waals surface area (Å²) >= 11 is 0. The summed E-state index contributed by atoms with van der Waals surface area (Å²) in [6.45, 7) is 1.75. The Balaban J connectivity index is 1.64. The van der Waals surface area contributed by atoms with Crippen LogP contribution in [0.25, 0.3) is 0 Å². The summed E-state index contributed by atoms with van der Waals surface area (Å²) in [5, 5.41) is 9.73. The molecule has 2 saturated carbocycles. The first-order valence-corrected chi connectivity index (χ1v) is 14.8. The van der Waals surface area contributed by atoms with Gasteiger partial charge < -0.3 is 5.11 Å². The highest BCUT2D eigenvalue weighted by atomic mass is 32.2. The minimum Gasteiger partial charge on any atom is -0.393 e. The minimum atomic E-state index is -3.91. The van der Waals surface area contributed by atoms with E-state index in [0.717, 1.165) is 43.2 Å². The van der Waals surface area contributed by atoms with Gasteiger partial charge in [-0.25, -0.2) is 21.6 Å². The zero-order valence-electron chi connectivity index (χ0n) is 18.9. The second-order valence-corrected chi connectivity index (χ2v) is 13.5. The molecule has 0 amide bonds. The Labute approximate surface area is 196 Å². The average molecular weight is 490 g/mol. The van der Waals surface area contributed by atoms with Crippen LogP contribution in [0.4, 0.5) is 0 Å². The normalized spacial score (nSPS) is 25.9. The summed E-state index contributed by atoms with van der Waals surface area (Å²) in [4.78, 5) is 0.468. The summed E-state index contributed by atoms with van der Waals surface area (Å²) in [6.07, 6.45) is 6.75. The zero-order valence-corrected chi connectivity index (χ0v) is 20.5. The molecule has 0 aromatic heterocycles. The molecular formula is C25H31NO5S2. The van der Waals surface area contributed by atoms with Crippen LogP contribution in [-0.2, 0) is 25.3 Å². The first-order valence-electron chi connectivity index (χ1n) is 11.9. The van der Waals surface area contributed by atoms with Crippen LogP contribution in [0.5, 0.6) is 0 Å². The maximum Gasteiger partial charge on any atom is 0.241 e. The third kappa shape index (κ3) is 3.75. The number of nitrogens with one attached hydrogen (secondary N) is 1. The van der Waals surface area contributed by atoms with Crippen molar-refractivity contribution in [1.82, 2.24) is 4.72 Å². The van der Waals surface area contributed by atoms with Gasteiger partial charge in [0.15, 0.2) is 0 Å². The molecule has 6 nitrogen and oxygen atoms in total. The van der Waals surface area contributed by atoms with E-state index in [1.54, 1.807) is 19.1 Å². The lowest BCUT2D eigenvalue weighted by molar-refractivity contribution is 0.120. The van der Waals surface area contributed by atoms with E-state index in [0.29, 0.717) is 36.1 Å². The SMILES string of the molecule is Cc1cc2c(cc1S(=O)(=O)N[C@H]1CC[C@H](O)CC1)S(=O)(=O)c1ccccc1C21CCCCC1. The highest BCUT2D eigenvalue weighted by Crippen LogP contribution is 2.53. The summed E-state index contributed by atoms with van der Waals surface area (Å²) in [5.41, 5.74) is 1.77. The van der Waals surface area contributed by atoms with Gasteiger partial charge in [0.2, 0.25) is 19.9 Å². The Morgan fingerprint density at radius 1 is 0.939 bits per heavy atom. The van der Waals surface area contributed by atoms with Crippen LogP contribution in [0.15, 0.2) is 51.1 Å². The second-order valence-electron chi connectivity index (χ2n) is 9.88. The number of fused-ring (bicyclic) bond motifs is 4. The van der Waals surface area contributed by atoms with E-state index in [4.69, 9.17) is 0 Å². The number of sulfonamides is 1. The Morgan fingerprint density at radius 3 is 2.30 bits per heavy atom. The number of aliphatic hydroxyl groups is 1. The standard InChI is InChI=1S/C25H31NO5S2/c1-17-15-21-24(16-23(17)33(30,31)26-18-9-11-19(27)12-10-18)32(28,29)22-8-4-3-7-20(22)25(21)13-5-2-6-14-25/h3-4,7-8,15-16,18-19,26-27H,2,5-6,9-14H2,1H3/t18-,19-. The van der Waals surface area contributed by atoms with Crippen LogP contribution in [-0.4, -0.2) is 34.1 Å². The van der Waals surface area contributed by atoms with E-state index in [9.17, 15) is 21.9 Å². The Bertz CT molecular complexity index is 1290. The van der Waals surface area contributed by atoms with E-state index < -0.39 is 25.3 Å². The lowest BCUT2D eigenvalue weighted by atomic mass is 9.65. The minimum absolute atomic E-state index is 0.0290.